The molecule has 2 aromatic rings. The van der Waals surface area contributed by atoms with Crippen LogP contribution in [0.2, 0.25) is 0 Å². The van der Waals surface area contributed by atoms with Crippen molar-refractivity contribution in [2.24, 2.45) is 5.73 Å². The van der Waals surface area contributed by atoms with E-state index >= 15 is 0 Å². The van der Waals surface area contributed by atoms with Gasteiger partial charge < -0.3 is 11.1 Å². The van der Waals surface area contributed by atoms with Crippen molar-refractivity contribution < 1.29 is 4.79 Å². The van der Waals surface area contributed by atoms with E-state index in [-0.39, 0.29) is 18.0 Å². The molecule has 3 heteroatoms. The lowest BCUT2D eigenvalue weighted by Crippen LogP contribution is -2.45. The number of nitrogens with two attached hydrogens (primary N) is 1. The molecule has 0 radical (unpaired) electrons. The number of hydrogen-bond acceptors (Lipinski definition) is 2. The van der Waals surface area contributed by atoms with Crippen LogP contribution in [0.4, 0.5) is 0 Å². The maximum absolute atomic E-state index is 12.5. The second kappa shape index (κ2) is 13.1. The molecule has 0 aromatic heterocycles. The Kier molecular flexibility index (Phi) is 10.4. The van der Waals surface area contributed by atoms with Gasteiger partial charge in [-0.2, -0.15) is 0 Å². The fourth-order valence-electron chi connectivity index (χ4n) is 3.55. The van der Waals surface area contributed by atoms with E-state index in [0.717, 1.165) is 57.8 Å². The van der Waals surface area contributed by atoms with Crippen LogP contribution in [0.15, 0.2) is 60.7 Å². The highest BCUT2D eigenvalue weighted by molar-refractivity contribution is 5.81. The molecule has 1 unspecified atom stereocenters. The molecular formula is C25H36N2O. The van der Waals surface area contributed by atoms with Crippen LogP contribution in [-0.4, -0.2) is 18.0 Å². The van der Waals surface area contributed by atoms with E-state index in [0.29, 0.717) is 0 Å². The van der Waals surface area contributed by atoms with Crippen LogP contribution in [0, 0.1) is 0 Å². The van der Waals surface area contributed by atoms with E-state index in [1.807, 2.05) is 12.1 Å². The molecule has 2 rings (SSSR count). The number of nitrogens with one attached hydrogen (secondary N) is 1. The van der Waals surface area contributed by atoms with Crippen molar-refractivity contribution in [3.8, 4) is 0 Å². The van der Waals surface area contributed by atoms with Gasteiger partial charge >= 0.3 is 0 Å². The monoisotopic (exact) mass is 380 g/mol. The van der Waals surface area contributed by atoms with Crippen LogP contribution >= 0.6 is 0 Å². The lowest BCUT2D eigenvalue weighted by molar-refractivity contribution is -0.123. The number of carbonyl (C=O) groups excluding carboxylic acids is 1. The Bertz CT molecular complexity index is 611. The second-order valence-electron chi connectivity index (χ2n) is 7.71. The van der Waals surface area contributed by atoms with Gasteiger partial charge in [-0.1, -0.05) is 80.4 Å². The molecule has 1 atom stereocenters. The molecule has 0 saturated carbocycles. The van der Waals surface area contributed by atoms with Gasteiger partial charge in [-0.05, 0) is 56.1 Å². The van der Waals surface area contributed by atoms with Crippen molar-refractivity contribution >= 4 is 5.91 Å². The van der Waals surface area contributed by atoms with Crippen LogP contribution in [0.1, 0.15) is 63.0 Å². The zero-order chi connectivity index (χ0) is 20.0. The first-order valence-electron chi connectivity index (χ1n) is 10.8. The molecule has 152 valence electrons. The third kappa shape index (κ3) is 8.71. The normalized spacial score (nSPS) is 12.1. The first kappa shape index (κ1) is 22.2. The van der Waals surface area contributed by atoms with E-state index in [1.165, 1.54) is 11.1 Å². The number of unbranched alkanes of at least 4 members (excludes halogenated alkanes) is 1. The number of rotatable bonds is 13. The average molecular weight is 381 g/mol. The number of benzene rings is 2. The van der Waals surface area contributed by atoms with Crippen molar-refractivity contribution in [1.82, 2.24) is 5.32 Å². The maximum atomic E-state index is 12.5. The Balaban J connectivity index is 1.83. The summed E-state index contributed by atoms with van der Waals surface area (Å²) in [4.78, 5) is 12.5. The van der Waals surface area contributed by atoms with Gasteiger partial charge in [-0.25, -0.2) is 0 Å². The van der Waals surface area contributed by atoms with Crippen LogP contribution in [-0.2, 0) is 17.6 Å². The highest BCUT2D eigenvalue weighted by atomic mass is 16.2. The highest BCUT2D eigenvalue weighted by Crippen LogP contribution is 2.13. The van der Waals surface area contributed by atoms with Gasteiger partial charge in [0.15, 0.2) is 0 Å². The van der Waals surface area contributed by atoms with E-state index in [4.69, 9.17) is 5.73 Å². The molecule has 0 spiro atoms. The van der Waals surface area contributed by atoms with Crippen LogP contribution in [0.3, 0.4) is 0 Å². The number of carbonyl (C=O) groups is 1. The molecular weight excluding hydrogens is 344 g/mol. The summed E-state index contributed by atoms with van der Waals surface area (Å²) in [6.07, 6.45) is 9.07. The molecule has 0 heterocycles. The molecule has 0 aliphatic carbocycles. The van der Waals surface area contributed by atoms with E-state index in [1.54, 1.807) is 0 Å². The molecule has 28 heavy (non-hydrogen) atoms. The van der Waals surface area contributed by atoms with Crippen molar-refractivity contribution in [3.05, 3.63) is 71.8 Å². The Morgan fingerprint density at radius 2 is 1.32 bits per heavy atom. The van der Waals surface area contributed by atoms with Crippen LogP contribution in [0.25, 0.3) is 0 Å². The standard InChI is InChI=1S/C25H36N2O/c1-2-3-20-24(26)25(28)27-23(18-10-16-21-12-6-4-7-13-21)19-11-17-22-14-8-5-9-15-22/h4-9,12-15,23-24H,2-3,10-11,16-20,26H2,1H3,(H,27,28). The summed E-state index contributed by atoms with van der Waals surface area (Å²) in [7, 11) is 0. The van der Waals surface area contributed by atoms with Gasteiger partial charge in [0.2, 0.25) is 5.91 Å². The Morgan fingerprint density at radius 3 is 1.79 bits per heavy atom. The summed E-state index contributed by atoms with van der Waals surface area (Å²) in [5.74, 6) is 0.0119. The minimum absolute atomic E-state index is 0.0119. The molecule has 0 fully saturated rings. The van der Waals surface area contributed by atoms with Gasteiger partial charge in [-0.3, -0.25) is 4.79 Å². The number of hydrogen-bond donors (Lipinski definition) is 2. The van der Waals surface area contributed by atoms with Crippen molar-refractivity contribution in [1.29, 1.82) is 0 Å². The topological polar surface area (TPSA) is 55.1 Å². The maximum Gasteiger partial charge on any atom is 0.237 e. The highest BCUT2D eigenvalue weighted by Gasteiger charge is 2.17. The summed E-state index contributed by atoms with van der Waals surface area (Å²) in [5.41, 5.74) is 8.79. The minimum Gasteiger partial charge on any atom is -0.352 e. The smallest absolute Gasteiger partial charge is 0.237 e. The minimum atomic E-state index is -0.384. The van der Waals surface area contributed by atoms with Crippen molar-refractivity contribution in [2.45, 2.75) is 76.8 Å². The van der Waals surface area contributed by atoms with Crippen LogP contribution < -0.4 is 11.1 Å². The largest absolute Gasteiger partial charge is 0.352 e. The zero-order valence-electron chi connectivity index (χ0n) is 17.3. The predicted octanol–water partition coefficient (Wildman–Crippen LogP) is 5.03. The lowest BCUT2D eigenvalue weighted by Gasteiger charge is -2.21. The summed E-state index contributed by atoms with van der Waals surface area (Å²) >= 11 is 0. The van der Waals surface area contributed by atoms with Crippen molar-refractivity contribution in [3.63, 3.8) is 0 Å². The Labute approximate surface area is 170 Å². The molecule has 1 amide bonds. The first-order chi connectivity index (χ1) is 13.7. The molecule has 3 N–H and O–H groups in total. The predicted molar refractivity (Wildman–Crippen MR) is 118 cm³/mol. The van der Waals surface area contributed by atoms with E-state index < -0.39 is 0 Å². The zero-order valence-corrected chi connectivity index (χ0v) is 17.3. The summed E-state index contributed by atoms with van der Waals surface area (Å²) in [6, 6.07) is 20.9. The summed E-state index contributed by atoms with van der Waals surface area (Å²) in [6.45, 7) is 2.13. The second-order valence-corrected chi connectivity index (χ2v) is 7.71. The molecule has 0 bridgehead atoms. The third-order valence-corrected chi connectivity index (χ3v) is 5.27. The van der Waals surface area contributed by atoms with Gasteiger partial charge in [0, 0.05) is 6.04 Å². The van der Waals surface area contributed by atoms with Gasteiger partial charge in [0.1, 0.15) is 0 Å². The first-order valence-corrected chi connectivity index (χ1v) is 10.8. The Morgan fingerprint density at radius 1 is 0.821 bits per heavy atom. The van der Waals surface area contributed by atoms with E-state index in [2.05, 4.69) is 60.8 Å². The number of amides is 1. The molecule has 0 saturated heterocycles. The third-order valence-electron chi connectivity index (χ3n) is 5.27. The van der Waals surface area contributed by atoms with Crippen molar-refractivity contribution in [2.75, 3.05) is 0 Å². The lowest BCUT2D eigenvalue weighted by atomic mass is 9.98. The van der Waals surface area contributed by atoms with Crippen LogP contribution in [0.5, 0.6) is 0 Å². The quantitative estimate of drug-likeness (QED) is 0.512. The summed E-state index contributed by atoms with van der Waals surface area (Å²) < 4.78 is 0. The fourth-order valence-corrected chi connectivity index (χ4v) is 3.55. The SMILES string of the molecule is CCCCC(N)C(=O)NC(CCCc1ccccc1)CCCc1ccccc1. The molecule has 3 nitrogen and oxygen atoms in total. The molecule has 0 aliphatic rings. The number of aryl methyl sites for hydroxylation is 2. The summed E-state index contributed by atoms with van der Waals surface area (Å²) in [5, 5.41) is 3.23. The fraction of sp³-hybridized carbons (Fsp3) is 0.480. The Hall–Kier alpha value is -2.13. The molecule has 2 aromatic carbocycles. The molecule has 0 aliphatic heterocycles. The average Bonchev–Trinajstić information content (AvgIpc) is 2.73. The van der Waals surface area contributed by atoms with Gasteiger partial charge in [0.05, 0.1) is 6.04 Å². The van der Waals surface area contributed by atoms with Gasteiger partial charge in [-0.15, -0.1) is 0 Å². The van der Waals surface area contributed by atoms with Gasteiger partial charge in [0.25, 0.3) is 0 Å². The van der Waals surface area contributed by atoms with E-state index in [9.17, 15) is 4.79 Å².